The third-order valence-corrected chi connectivity index (χ3v) is 2.47. The fraction of sp³-hybridized carbons (Fsp3) is 0.300. The first-order valence-corrected chi connectivity index (χ1v) is 5.19. The maximum absolute atomic E-state index is 9.71. The molecule has 16 heavy (non-hydrogen) atoms. The van der Waals surface area contributed by atoms with Gasteiger partial charge in [-0.15, -0.1) is 0 Å². The molecular weight excluding hydrogens is 249 g/mol. The third kappa shape index (κ3) is 3.18. The van der Waals surface area contributed by atoms with E-state index < -0.39 is 0 Å². The Morgan fingerprint density at radius 3 is 2.31 bits per heavy atom. The molecule has 0 atom stereocenters. The Hall–Kier alpha value is -1.13. The van der Waals surface area contributed by atoms with Crippen LogP contribution in [0.5, 0.6) is 0 Å². The van der Waals surface area contributed by atoms with Crippen LogP contribution in [0, 0.1) is 0 Å². The zero-order valence-electron chi connectivity index (χ0n) is 8.58. The minimum absolute atomic E-state index is 0. The summed E-state index contributed by atoms with van der Waals surface area (Å²) in [5, 5.41) is 16.5. The second-order valence-corrected chi connectivity index (χ2v) is 3.82. The van der Waals surface area contributed by atoms with E-state index in [1.54, 1.807) is 0 Å². The van der Waals surface area contributed by atoms with Crippen molar-refractivity contribution in [1.82, 2.24) is 10.6 Å². The molecular formula is C10H13Cl2N3O. The van der Waals surface area contributed by atoms with Gasteiger partial charge in [0.1, 0.15) is 6.54 Å². The molecule has 4 nitrogen and oxygen atoms in total. The first-order valence-electron chi connectivity index (χ1n) is 4.81. The van der Waals surface area contributed by atoms with E-state index in [9.17, 15) is 5.21 Å². The Balaban J connectivity index is 0.00000128. The van der Waals surface area contributed by atoms with Crippen LogP contribution < -0.4 is 23.0 Å². The van der Waals surface area contributed by atoms with Crippen molar-refractivity contribution in [2.45, 2.75) is 6.54 Å². The first-order chi connectivity index (χ1) is 7.25. The van der Waals surface area contributed by atoms with Gasteiger partial charge in [-0.05, 0) is 17.7 Å². The number of halogens is 2. The van der Waals surface area contributed by atoms with Crippen LogP contribution in [0.15, 0.2) is 24.3 Å². The van der Waals surface area contributed by atoms with Gasteiger partial charge in [-0.2, -0.15) is 0 Å². The van der Waals surface area contributed by atoms with Gasteiger partial charge >= 0.3 is 5.96 Å². The lowest BCUT2D eigenvalue weighted by molar-refractivity contribution is -0.788. The SMILES string of the molecule is O[N+](Cc1ccc(Cl)cc1)=C1NCCN1.[Cl-]. The topological polar surface area (TPSA) is 47.3 Å². The van der Waals surface area contributed by atoms with Crippen molar-refractivity contribution in [3.05, 3.63) is 34.9 Å². The van der Waals surface area contributed by atoms with Gasteiger partial charge < -0.3 is 17.6 Å². The standard InChI is InChI=1S/C10H12ClN3O.ClH/c11-9-3-1-8(2-4-9)7-14(15)10-12-5-6-13-10;/h1-4,15H,5-7H2,(H,12,13);1H. The van der Waals surface area contributed by atoms with Crippen molar-refractivity contribution < 1.29 is 22.4 Å². The summed E-state index contributed by atoms with van der Waals surface area (Å²) in [5.41, 5.74) is 1.00. The lowest BCUT2D eigenvalue weighted by Gasteiger charge is -2.02. The van der Waals surface area contributed by atoms with Gasteiger partial charge in [-0.1, -0.05) is 28.5 Å². The molecule has 1 aromatic carbocycles. The van der Waals surface area contributed by atoms with Gasteiger partial charge in [0.2, 0.25) is 0 Å². The van der Waals surface area contributed by atoms with Crippen LogP contribution in [0.4, 0.5) is 0 Å². The third-order valence-electron chi connectivity index (χ3n) is 2.21. The van der Waals surface area contributed by atoms with Gasteiger partial charge in [-0.3, -0.25) is 10.6 Å². The van der Waals surface area contributed by atoms with Gasteiger partial charge in [0.15, 0.2) is 0 Å². The summed E-state index contributed by atoms with van der Waals surface area (Å²) in [5.74, 6) is 0.657. The van der Waals surface area contributed by atoms with E-state index >= 15 is 0 Å². The van der Waals surface area contributed by atoms with Crippen molar-refractivity contribution in [3.8, 4) is 0 Å². The van der Waals surface area contributed by atoms with Crippen LogP contribution in [0.3, 0.4) is 0 Å². The highest BCUT2D eigenvalue weighted by atomic mass is 35.5. The monoisotopic (exact) mass is 261 g/mol. The predicted octanol–water partition coefficient (Wildman–Crippen LogP) is -2.21. The molecule has 2 rings (SSSR count). The molecule has 0 radical (unpaired) electrons. The van der Waals surface area contributed by atoms with Crippen molar-refractivity contribution in [3.63, 3.8) is 0 Å². The molecule has 1 aliphatic heterocycles. The Bertz CT molecular complexity index is 370. The Labute approximate surface area is 105 Å². The van der Waals surface area contributed by atoms with Gasteiger partial charge in [0.25, 0.3) is 0 Å². The molecule has 88 valence electrons. The number of nitrogens with one attached hydrogen (secondary N) is 2. The highest BCUT2D eigenvalue weighted by molar-refractivity contribution is 6.30. The van der Waals surface area contributed by atoms with Crippen molar-refractivity contribution >= 4 is 17.6 Å². The average Bonchev–Trinajstić information content (AvgIpc) is 2.74. The summed E-state index contributed by atoms with van der Waals surface area (Å²) < 4.78 is 1.16. The summed E-state index contributed by atoms with van der Waals surface area (Å²) in [6.07, 6.45) is 0. The number of guanidine groups is 1. The maximum atomic E-state index is 9.71. The number of hydroxylamine groups is 1. The molecule has 0 amide bonds. The van der Waals surface area contributed by atoms with Crippen LogP contribution in [-0.2, 0) is 6.54 Å². The van der Waals surface area contributed by atoms with Crippen LogP contribution in [0.25, 0.3) is 0 Å². The molecule has 1 fully saturated rings. The number of hydrogen-bond donors (Lipinski definition) is 3. The normalized spacial score (nSPS) is 13.7. The van der Waals surface area contributed by atoms with Crippen LogP contribution in [0.2, 0.25) is 5.02 Å². The maximum Gasteiger partial charge on any atom is 0.382 e. The summed E-state index contributed by atoms with van der Waals surface area (Å²) in [7, 11) is 0. The minimum Gasteiger partial charge on any atom is -1.00 e. The van der Waals surface area contributed by atoms with Gasteiger partial charge in [-0.25, -0.2) is 0 Å². The van der Waals surface area contributed by atoms with Gasteiger partial charge in [0.05, 0.1) is 13.1 Å². The van der Waals surface area contributed by atoms with E-state index in [4.69, 9.17) is 11.6 Å². The highest BCUT2D eigenvalue weighted by Gasteiger charge is 2.17. The molecule has 0 saturated carbocycles. The summed E-state index contributed by atoms with van der Waals surface area (Å²) in [6, 6.07) is 7.40. The number of benzene rings is 1. The van der Waals surface area contributed by atoms with Crippen LogP contribution in [0.1, 0.15) is 5.56 Å². The lowest BCUT2D eigenvalue weighted by Crippen LogP contribution is -3.00. The quantitative estimate of drug-likeness (QED) is 0.322. The lowest BCUT2D eigenvalue weighted by atomic mass is 10.2. The van der Waals surface area contributed by atoms with Crippen molar-refractivity contribution in [2.75, 3.05) is 13.1 Å². The average molecular weight is 262 g/mol. The largest absolute Gasteiger partial charge is 1.00 e. The molecule has 1 aliphatic rings. The van der Waals surface area contributed by atoms with E-state index in [0.717, 1.165) is 23.4 Å². The molecule has 0 spiro atoms. The molecule has 0 bridgehead atoms. The Kier molecular flexibility index (Phi) is 4.71. The molecule has 1 aromatic rings. The Morgan fingerprint density at radius 1 is 1.19 bits per heavy atom. The summed E-state index contributed by atoms with van der Waals surface area (Å²) in [6.45, 7) is 2.12. The highest BCUT2D eigenvalue weighted by Crippen LogP contribution is 2.09. The fourth-order valence-corrected chi connectivity index (χ4v) is 1.57. The first kappa shape index (κ1) is 12.9. The zero-order valence-corrected chi connectivity index (χ0v) is 10.1. The van der Waals surface area contributed by atoms with Gasteiger partial charge in [0, 0.05) is 5.02 Å². The van der Waals surface area contributed by atoms with Crippen LogP contribution >= 0.6 is 11.6 Å². The summed E-state index contributed by atoms with van der Waals surface area (Å²) in [4.78, 5) is 0. The minimum atomic E-state index is 0. The smallest absolute Gasteiger partial charge is 0.382 e. The Morgan fingerprint density at radius 2 is 1.75 bits per heavy atom. The molecule has 6 heteroatoms. The van der Waals surface area contributed by atoms with E-state index in [-0.39, 0.29) is 12.4 Å². The van der Waals surface area contributed by atoms with E-state index in [1.165, 1.54) is 0 Å². The summed E-state index contributed by atoms with van der Waals surface area (Å²) >= 11 is 5.77. The van der Waals surface area contributed by atoms with E-state index in [1.807, 2.05) is 24.3 Å². The molecule has 0 unspecified atom stereocenters. The number of nitrogens with zero attached hydrogens (tertiary/aromatic N) is 1. The number of hydrogen-bond acceptors (Lipinski definition) is 1. The number of rotatable bonds is 2. The molecule has 1 saturated heterocycles. The molecule has 1 heterocycles. The van der Waals surface area contributed by atoms with E-state index in [0.29, 0.717) is 17.5 Å². The van der Waals surface area contributed by atoms with Crippen molar-refractivity contribution in [1.29, 1.82) is 0 Å². The molecule has 3 N–H and O–H groups in total. The van der Waals surface area contributed by atoms with Crippen molar-refractivity contribution in [2.24, 2.45) is 0 Å². The molecule has 0 aromatic heterocycles. The van der Waals surface area contributed by atoms with E-state index in [2.05, 4.69) is 10.6 Å². The second kappa shape index (κ2) is 5.82. The fourth-order valence-electron chi connectivity index (χ4n) is 1.45. The zero-order chi connectivity index (χ0) is 10.7. The molecule has 0 aliphatic carbocycles. The second-order valence-electron chi connectivity index (χ2n) is 3.39. The van der Waals surface area contributed by atoms with Crippen LogP contribution in [-0.4, -0.2) is 29.0 Å². The predicted molar refractivity (Wildman–Crippen MR) is 58.2 cm³/mol.